The van der Waals surface area contributed by atoms with Crippen molar-refractivity contribution in [3.63, 3.8) is 0 Å². The van der Waals surface area contributed by atoms with E-state index in [1.807, 2.05) is 47.8 Å². The number of benzene rings is 1. The van der Waals surface area contributed by atoms with Gasteiger partial charge in [0.2, 0.25) is 0 Å². The standard InChI is InChI=1S/C17H24N4OS/c1-6-21-13(3)14(12(2)19-21)11-20(4)17(23)18-15-9-7-8-10-16(15)22-5/h7-10H,6,11H2,1-5H3,(H,18,23). The predicted octanol–water partition coefficient (Wildman–Crippen LogP) is 3.36. The van der Waals surface area contributed by atoms with E-state index in [1.54, 1.807) is 7.11 Å². The van der Waals surface area contributed by atoms with Gasteiger partial charge in [-0.3, -0.25) is 4.68 Å². The van der Waals surface area contributed by atoms with E-state index < -0.39 is 0 Å². The van der Waals surface area contributed by atoms with E-state index in [0.29, 0.717) is 5.11 Å². The van der Waals surface area contributed by atoms with Crippen molar-refractivity contribution in [3.8, 4) is 5.75 Å². The van der Waals surface area contributed by atoms with Crippen LogP contribution >= 0.6 is 12.2 Å². The summed E-state index contributed by atoms with van der Waals surface area (Å²) in [4.78, 5) is 2.01. The second kappa shape index (κ2) is 7.46. The number of methoxy groups -OCH3 is 1. The highest BCUT2D eigenvalue weighted by atomic mass is 32.1. The van der Waals surface area contributed by atoms with Crippen LogP contribution in [0.5, 0.6) is 5.75 Å². The van der Waals surface area contributed by atoms with E-state index in [0.717, 1.165) is 30.2 Å². The van der Waals surface area contributed by atoms with Gasteiger partial charge in [-0.05, 0) is 45.1 Å². The molecule has 0 spiro atoms. The van der Waals surface area contributed by atoms with Crippen molar-refractivity contribution in [1.29, 1.82) is 0 Å². The zero-order chi connectivity index (χ0) is 17.0. The van der Waals surface area contributed by atoms with E-state index in [-0.39, 0.29) is 0 Å². The largest absolute Gasteiger partial charge is 0.495 e. The van der Waals surface area contributed by atoms with Crippen LogP contribution in [0.4, 0.5) is 5.69 Å². The molecule has 6 heteroatoms. The van der Waals surface area contributed by atoms with Crippen LogP contribution in [0.1, 0.15) is 23.9 Å². The smallest absolute Gasteiger partial charge is 0.173 e. The van der Waals surface area contributed by atoms with Crippen molar-refractivity contribution >= 4 is 23.0 Å². The summed E-state index contributed by atoms with van der Waals surface area (Å²) in [6, 6.07) is 7.74. The van der Waals surface area contributed by atoms with Gasteiger partial charge >= 0.3 is 0 Å². The Balaban J connectivity index is 2.10. The number of hydrogen-bond acceptors (Lipinski definition) is 3. The first-order valence-corrected chi connectivity index (χ1v) is 8.06. The fourth-order valence-electron chi connectivity index (χ4n) is 2.54. The van der Waals surface area contributed by atoms with Gasteiger partial charge in [0.25, 0.3) is 0 Å². The van der Waals surface area contributed by atoms with Crippen molar-refractivity contribution in [2.24, 2.45) is 0 Å². The highest BCUT2D eigenvalue weighted by Crippen LogP contribution is 2.23. The highest BCUT2D eigenvalue weighted by Gasteiger charge is 2.15. The van der Waals surface area contributed by atoms with Crippen LogP contribution < -0.4 is 10.1 Å². The van der Waals surface area contributed by atoms with Crippen LogP contribution in [0.15, 0.2) is 24.3 Å². The van der Waals surface area contributed by atoms with Crippen molar-refractivity contribution in [2.45, 2.75) is 33.9 Å². The van der Waals surface area contributed by atoms with Crippen LogP contribution in [-0.2, 0) is 13.1 Å². The van der Waals surface area contributed by atoms with E-state index in [2.05, 4.69) is 24.3 Å². The number of nitrogens with one attached hydrogen (secondary N) is 1. The van der Waals surface area contributed by atoms with Gasteiger partial charge in [-0.1, -0.05) is 12.1 Å². The van der Waals surface area contributed by atoms with Crippen molar-refractivity contribution in [1.82, 2.24) is 14.7 Å². The van der Waals surface area contributed by atoms with Gasteiger partial charge in [-0.15, -0.1) is 0 Å². The maximum atomic E-state index is 5.52. The number of thiocarbonyl (C=S) groups is 1. The molecule has 2 rings (SSSR count). The zero-order valence-corrected chi connectivity index (χ0v) is 15.2. The molecule has 0 unspecified atom stereocenters. The van der Waals surface area contributed by atoms with Crippen LogP contribution in [-0.4, -0.2) is 34.0 Å². The van der Waals surface area contributed by atoms with Gasteiger partial charge in [-0.2, -0.15) is 5.10 Å². The number of para-hydroxylation sites is 2. The third-order valence-electron chi connectivity index (χ3n) is 3.92. The van der Waals surface area contributed by atoms with Gasteiger partial charge in [-0.25, -0.2) is 0 Å². The number of hydrogen-bond donors (Lipinski definition) is 1. The van der Waals surface area contributed by atoms with Crippen LogP contribution in [0, 0.1) is 13.8 Å². The molecule has 2 aromatic rings. The Hall–Kier alpha value is -2.08. The maximum Gasteiger partial charge on any atom is 0.173 e. The van der Waals surface area contributed by atoms with E-state index in [1.165, 1.54) is 11.3 Å². The molecule has 124 valence electrons. The molecular formula is C17H24N4OS. The quantitative estimate of drug-likeness (QED) is 0.851. The first kappa shape index (κ1) is 17.3. The number of aromatic nitrogens is 2. The zero-order valence-electron chi connectivity index (χ0n) is 14.4. The minimum absolute atomic E-state index is 0.651. The lowest BCUT2D eigenvalue weighted by Crippen LogP contribution is -2.31. The maximum absolute atomic E-state index is 5.52. The number of aryl methyl sites for hydroxylation is 2. The van der Waals surface area contributed by atoms with Crippen molar-refractivity contribution < 1.29 is 4.74 Å². The molecule has 0 atom stereocenters. The normalized spacial score (nSPS) is 10.5. The fraction of sp³-hybridized carbons (Fsp3) is 0.412. The molecule has 1 aromatic carbocycles. The molecule has 0 fully saturated rings. The molecule has 1 N–H and O–H groups in total. The average Bonchev–Trinajstić information content (AvgIpc) is 2.82. The van der Waals surface area contributed by atoms with Crippen LogP contribution in [0.25, 0.3) is 0 Å². The Kier molecular flexibility index (Phi) is 5.60. The summed E-state index contributed by atoms with van der Waals surface area (Å²) in [6.45, 7) is 7.84. The lowest BCUT2D eigenvalue weighted by Gasteiger charge is -2.22. The molecular weight excluding hydrogens is 308 g/mol. The monoisotopic (exact) mass is 332 g/mol. The van der Waals surface area contributed by atoms with Gasteiger partial charge in [0.15, 0.2) is 5.11 Å². The molecule has 0 aliphatic heterocycles. The second-order valence-electron chi connectivity index (χ2n) is 5.45. The minimum Gasteiger partial charge on any atom is -0.495 e. The molecule has 1 heterocycles. The summed E-state index contributed by atoms with van der Waals surface area (Å²) < 4.78 is 7.37. The van der Waals surface area contributed by atoms with Crippen LogP contribution in [0.2, 0.25) is 0 Å². The molecule has 0 bridgehead atoms. The van der Waals surface area contributed by atoms with E-state index >= 15 is 0 Å². The highest BCUT2D eigenvalue weighted by molar-refractivity contribution is 7.80. The minimum atomic E-state index is 0.651. The van der Waals surface area contributed by atoms with Gasteiger partial charge < -0.3 is 15.0 Å². The summed E-state index contributed by atoms with van der Waals surface area (Å²) in [5.74, 6) is 0.773. The van der Waals surface area contributed by atoms with Crippen molar-refractivity contribution in [2.75, 3.05) is 19.5 Å². The molecule has 0 saturated heterocycles. The SMILES string of the molecule is CCn1nc(C)c(CN(C)C(=S)Nc2ccccc2OC)c1C. The lowest BCUT2D eigenvalue weighted by atomic mass is 10.2. The van der Waals surface area contributed by atoms with Gasteiger partial charge in [0, 0.05) is 31.4 Å². The Morgan fingerprint density at radius 1 is 1.35 bits per heavy atom. The number of ether oxygens (including phenoxy) is 1. The summed E-state index contributed by atoms with van der Waals surface area (Å²) in [5, 5.41) is 8.46. The van der Waals surface area contributed by atoms with Gasteiger partial charge in [0.1, 0.15) is 5.75 Å². The first-order valence-electron chi connectivity index (χ1n) is 7.65. The second-order valence-corrected chi connectivity index (χ2v) is 5.84. The fourth-order valence-corrected chi connectivity index (χ4v) is 2.71. The first-order chi connectivity index (χ1) is 11.0. The summed E-state index contributed by atoms with van der Waals surface area (Å²) in [5.41, 5.74) is 4.33. The Morgan fingerprint density at radius 2 is 2.04 bits per heavy atom. The Labute approximate surface area is 143 Å². The number of rotatable bonds is 5. The third kappa shape index (κ3) is 3.82. The number of anilines is 1. The summed E-state index contributed by atoms with van der Waals surface area (Å²) >= 11 is 5.52. The van der Waals surface area contributed by atoms with E-state index in [9.17, 15) is 0 Å². The molecule has 23 heavy (non-hydrogen) atoms. The number of nitrogens with zero attached hydrogens (tertiary/aromatic N) is 3. The van der Waals surface area contributed by atoms with E-state index in [4.69, 9.17) is 17.0 Å². The average molecular weight is 332 g/mol. The summed E-state index contributed by atoms with van der Waals surface area (Å²) in [7, 11) is 3.63. The molecule has 0 amide bonds. The Morgan fingerprint density at radius 3 is 2.65 bits per heavy atom. The van der Waals surface area contributed by atoms with Crippen molar-refractivity contribution in [3.05, 3.63) is 41.2 Å². The Bertz CT molecular complexity index is 696. The molecule has 0 aliphatic rings. The molecule has 0 radical (unpaired) electrons. The van der Waals surface area contributed by atoms with Crippen LogP contribution in [0.3, 0.4) is 0 Å². The predicted molar refractivity (Wildman–Crippen MR) is 98.1 cm³/mol. The molecule has 1 aromatic heterocycles. The molecule has 5 nitrogen and oxygen atoms in total. The van der Waals surface area contributed by atoms with Gasteiger partial charge in [0.05, 0.1) is 18.5 Å². The topological polar surface area (TPSA) is 42.3 Å². The molecule has 0 aliphatic carbocycles. The lowest BCUT2D eigenvalue weighted by molar-refractivity contribution is 0.416. The summed E-state index contributed by atoms with van der Waals surface area (Å²) in [6.07, 6.45) is 0. The third-order valence-corrected chi connectivity index (χ3v) is 4.34. The molecule has 0 saturated carbocycles.